The van der Waals surface area contributed by atoms with Gasteiger partial charge in [0.05, 0.1) is 22.1 Å². The van der Waals surface area contributed by atoms with Crippen molar-refractivity contribution in [2.45, 2.75) is 11.4 Å². The van der Waals surface area contributed by atoms with E-state index in [2.05, 4.69) is 0 Å². The van der Waals surface area contributed by atoms with Crippen molar-refractivity contribution in [1.29, 1.82) is 0 Å². The number of benzene rings is 3. The van der Waals surface area contributed by atoms with E-state index in [-0.39, 0.29) is 27.8 Å². The Morgan fingerprint density at radius 2 is 1.68 bits per heavy atom. The molecule has 7 nitrogen and oxygen atoms in total. The van der Waals surface area contributed by atoms with Gasteiger partial charge in [-0.15, -0.1) is 0 Å². The highest BCUT2D eigenvalue weighted by atomic mass is 127. The number of hydrogen-bond acceptors (Lipinski definition) is 7. The van der Waals surface area contributed by atoms with Crippen molar-refractivity contribution in [2.75, 3.05) is 7.11 Å². The van der Waals surface area contributed by atoms with Crippen LogP contribution in [0.15, 0.2) is 64.4 Å². The summed E-state index contributed by atoms with van der Waals surface area (Å²) in [5, 5.41) is 0.729. The van der Waals surface area contributed by atoms with Gasteiger partial charge in [-0.3, -0.25) is 14.5 Å². The Kier molecular flexibility index (Phi) is 8.66. The first-order valence-corrected chi connectivity index (χ1v) is 14.7. The molecule has 13 heteroatoms. The van der Waals surface area contributed by atoms with E-state index in [9.17, 15) is 18.0 Å². The quantitative estimate of drug-likeness (QED) is 0.145. The molecule has 3 aromatic rings. The number of amides is 2. The van der Waals surface area contributed by atoms with Crippen LogP contribution in [-0.2, 0) is 21.5 Å². The zero-order chi connectivity index (χ0) is 26.9. The molecule has 1 heterocycles. The van der Waals surface area contributed by atoms with Crippen LogP contribution in [0.25, 0.3) is 6.08 Å². The highest BCUT2D eigenvalue weighted by Crippen LogP contribution is 2.39. The molecule has 1 aliphatic heterocycles. The average Bonchev–Trinajstić information content (AvgIpc) is 3.09. The summed E-state index contributed by atoms with van der Waals surface area (Å²) in [6.45, 7) is -0.00575. The van der Waals surface area contributed by atoms with E-state index in [0.717, 1.165) is 16.7 Å². The van der Waals surface area contributed by atoms with Crippen molar-refractivity contribution in [3.63, 3.8) is 0 Å². The molecule has 2 amide bonds. The first-order valence-electron chi connectivity index (χ1n) is 10.3. The second-order valence-electron chi connectivity index (χ2n) is 7.53. The van der Waals surface area contributed by atoms with Gasteiger partial charge in [-0.25, -0.2) is 0 Å². The number of halogens is 4. The Hall–Kier alpha value is -1.96. The number of rotatable bonds is 7. The highest BCUT2D eigenvalue weighted by molar-refractivity contribution is 14.1. The summed E-state index contributed by atoms with van der Waals surface area (Å²) in [5.41, 5.74) is 1.08. The van der Waals surface area contributed by atoms with E-state index in [1.807, 2.05) is 22.6 Å². The molecule has 0 N–H and O–H groups in total. The van der Waals surface area contributed by atoms with Crippen molar-refractivity contribution in [2.24, 2.45) is 0 Å². The molecule has 1 aliphatic rings. The van der Waals surface area contributed by atoms with Gasteiger partial charge in [0, 0.05) is 15.1 Å². The van der Waals surface area contributed by atoms with Gasteiger partial charge in [0.25, 0.3) is 11.1 Å². The largest absolute Gasteiger partial charge is 0.493 e. The van der Waals surface area contributed by atoms with Crippen LogP contribution < -0.4 is 8.92 Å². The number of methoxy groups -OCH3 is 1. The fourth-order valence-corrected chi connectivity index (χ4v) is 6.55. The van der Waals surface area contributed by atoms with Crippen LogP contribution in [-0.4, -0.2) is 31.6 Å². The van der Waals surface area contributed by atoms with E-state index >= 15 is 0 Å². The number of imide groups is 1. The molecule has 0 bridgehead atoms. The number of carbonyl (C=O) groups is 2. The van der Waals surface area contributed by atoms with E-state index in [1.54, 1.807) is 24.3 Å². The molecule has 0 unspecified atom stereocenters. The summed E-state index contributed by atoms with van der Waals surface area (Å²) in [5.74, 6) is -0.371. The minimum atomic E-state index is -4.17. The van der Waals surface area contributed by atoms with Crippen LogP contribution in [0.4, 0.5) is 4.79 Å². The topological polar surface area (TPSA) is 90.0 Å². The van der Waals surface area contributed by atoms with Gasteiger partial charge in [0.15, 0.2) is 11.5 Å². The van der Waals surface area contributed by atoms with Crippen LogP contribution in [0.1, 0.15) is 11.1 Å². The Bertz CT molecular complexity index is 1540. The Morgan fingerprint density at radius 3 is 2.32 bits per heavy atom. The molecular formula is C24H15Cl3INO6S2. The molecule has 1 saturated heterocycles. The minimum absolute atomic E-state index is 0.00575. The Balaban J connectivity index is 1.60. The smallest absolute Gasteiger partial charge is 0.339 e. The maximum Gasteiger partial charge on any atom is 0.339 e. The molecule has 1 fully saturated rings. The Labute approximate surface area is 245 Å². The van der Waals surface area contributed by atoms with E-state index in [1.165, 1.54) is 43.5 Å². The predicted molar refractivity (Wildman–Crippen MR) is 153 cm³/mol. The van der Waals surface area contributed by atoms with Crippen LogP contribution in [0, 0.1) is 3.57 Å². The fourth-order valence-electron chi connectivity index (χ4n) is 3.27. The van der Waals surface area contributed by atoms with E-state index in [0.29, 0.717) is 29.8 Å². The van der Waals surface area contributed by atoms with Crippen molar-refractivity contribution < 1.29 is 26.9 Å². The van der Waals surface area contributed by atoms with Crippen LogP contribution in [0.3, 0.4) is 0 Å². The number of hydrogen-bond donors (Lipinski definition) is 0. The lowest BCUT2D eigenvalue weighted by molar-refractivity contribution is -0.123. The standard InChI is InChI=1S/C24H15Cl3INO6S2/c1-34-20-9-13(8-19(28)22(20)35-37(32,33)17-6-4-15(25)5-7-17)10-21-23(30)29(24(31)36-21)12-14-2-3-16(26)11-18(14)27/h2-11H,12H2,1H3/b21-10-. The average molecular weight is 711 g/mol. The predicted octanol–water partition coefficient (Wildman–Crippen LogP) is 7.26. The molecule has 0 atom stereocenters. The van der Waals surface area contributed by atoms with Gasteiger partial charge in [-0.1, -0.05) is 40.9 Å². The lowest BCUT2D eigenvalue weighted by Gasteiger charge is -2.14. The summed E-state index contributed by atoms with van der Waals surface area (Å²) < 4.78 is 36.7. The summed E-state index contributed by atoms with van der Waals surface area (Å²) in [4.78, 5) is 26.7. The molecule has 4 rings (SSSR count). The minimum Gasteiger partial charge on any atom is -0.493 e. The van der Waals surface area contributed by atoms with Crippen molar-refractivity contribution in [3.8, 4) is 11.5 Å². The molecule has 0 aliphatic carbocycles. The van der Waals surface area contributed by atoms with Gasteiger partial charge >= 0.3 is 10.1 Å². The van der Waals surface area contributed by atoms with Gasteiger partial charge in [0.1, 0.15) is 4.90 Å². The van der Waals surface area contributed by atoms with Crippen molar-refractivity contribution in [1.82, 2.24) is 4.90 Å². The SMILES string of the molecule is COc1cc(/C=C2\SC(=O)N(Cc3ccc(Cl)cc3Cl)C2=O)cc(I)c1OS(=O)(=O)c1ccc(Cl)cc1. The van der Waals surface area contributed by atoms with E-state index in [4.69, 9.17) is 43.7 Å². The second-order valence-corrected chi connectivity index (χ2v) is 12.5. The third kappa shape index (κ3) is 6.37. The molecule has 192 valence electrons. The summed E-state index contributed by atoms with van der Waals surface area (Å²) in [7, 11) is -2.81. The third-order valence-corrected chi connectivity index (χ3v) is 8.85. The molecule has 0 aromatic heterocycles. The highest BCUT2D eigenvalue weighted by Gasteiger charge is 2.35. The molecule has 0 saturated carbocycles. The van der Waals surface area contributed by atoms with Gasteiger partial charge in [0.2, 0.25) is 0 Å². The molecular weight excluding hydrogens is 696 g/mol. The molecule has 0 radical (unpaired) electrons. The first-order chi connectivity index (χ1) is 17.5. The number of nitrogens with zero attached hydrogens (tertiary/aromatic N) is 1. The van der Waals surface area contributed by atoms with Crippen molar-refractivity contribution >= 4 is 96.5 Å². The monoisotopic (exact) mass is 709 g/mol. The molecule has 3 aromatic carbocycles. The number of ether oxygens (including phenoxy) is 1. The van der Waals surface area contributed by atoms with E-state index < -0.39 is 21.3 Å². The molecule has 0 spiro atoms. The second kappa shape index (κ2) is 11.4. The maximum absolute atomic E-state index is 13.0. The zero-order valence-electron chi connectivity index (χ0n) is 18.7. The van der Waals surface area contributed by atoms with Gasteiger partial charge < -0.3 is 8.92 Å². The summed E-state index contributed by atoms with van der Waals surface area (Å²) >= 11 is 20.7. The molecule has 37 heavy (non-hydrogen) atoms. The lowest BCUT2D eigenvalue weighted by atomic mass is 10.1. The number of carbonyl (C=O) groups excluding carboxylic acids is 2. The zero-order valence-corrected chi connectivity index (χ0v) is 24.8. The number of thioether (sulfide) groups is 1. The van der Waals surface area contributed by atoms with Crippen LogP contribution in [0.2, 0.25) is 15.1 Å². The van der Waals surface area contributed by atoms with Gasteiger partial charge in [-0.05, 0) is 100 Å². The van der Waals surface area contributed by atoms with Crippen molar-refractivity contribution in [3.05, 3.63) is 89.3 Å². The fraction of sp³-hybridized carbons (Fsp3) is 0.0833. The summed E-state index contributed by atoms with van der Waals surface area (Å²) in [6, 6.07) is 13.5. The third-order valence-electron chi connectivity index (χ3n) is 5.06. The first kappa shape index (κ1) is 28.1. The van der Waals surface area contributed by atoms with Gasteiger partial charge in [-0.2, -0.15) is 8.42 Å². The maximum atomic E-state index is 13.0. The Morgan fingerprint density at radius 1 is 1.00 bits per heavy atom. The summed E-state index contributed by atoms with van der Waals surface area (Å²) in [6.07, 6.45) is 1.52. The normalized spacial score (nSPS) is 14.9. The van der Waals surface area contributed by atoms with Crippen LogP contribution >= 0.6 is 69.2 Å². The lowest BCUT2D eigenvalue weighted by Crippen LogP contribution is -2.27. The van der Waals surface area contributed by atoms with Crippen LogP contribution in [0.5, 0.6) is 11.5 Å².